The predicted octanol–water partition coefficient (Wildman–Crippen LogP) is 1.27. The standard InChI is InChI=1S/C14H19N3O2/c1-9(2)13-14(19)17(7-5-12(18)16-13)11-8-15-6-4-10(11)3/h4,6,8-9,13H,5,7H2,1-3H3,(H,16,18). The molecule has 2 heterocycles. The molecule has 0 aromatic carbocycles. The van der Waals surface area contributed by atoms with Gasteiger partial charge in [-0.05, 0) is 24.5 Å². The van der Waals surface area contributed by atoms with Crippen molar-refractivity contribution < 1.29 is 9.59 Å². The SMILES string of the molecule is Cc1ccncc1N1CCC(=O)NC(C(C)C)C1=O. The van der Waals surface area contributed by atoms with Crippen LogP contribution in [-0.4, -0.2) is 29.4 Å². The van der Waals surface area contributed by atoms with Crippen LogP contribution in [0.4, 0.5) is 5.69 Å². The highest BCUT2D eigenvalue weighted by Gasteiger charge is 2.33. The molecule has 102 valence electrons. The molecular weight excluding hydrogens is 242 g/mol. The van der Waals surface area contributed by atoms with Crippen LogP contribution in [0.1, 0.15) is 25.8 Å². The van der Waals surface area contributed by atoms with E-state index < -0.39 is 6.04 Å². The van der Waals surface area contributed by atoms with E-state index in [-0.39, 0.29) is 17.7 Å². The highest BCUT2D eigenvalue weighted by atomic mass is 16.2. The smallest absolute Gasteiger partial charge is 0.249 e. The molecule has 1 aromatic rings. The van der Waals surface area contributed by atoms with Crippen LogP contribution in [0.25, 0.3) is 0 Å². The number of amides is 2. The van der Waals surface area contributed by atoms with E-state index in [1.165, 1.54) is 0 Å². The molecule has 2 rings (SSSR count). The molecule has 5 heteroatoms. The number of nitrogens with one attached hydrogen (secondary N) is 1. The summed E-state index contributed by atoms with van der Waals surface area (Å²) in [7, 11) is 0. The lowest BCUT2D eigenvalue weighted by molar-refractivity contribution is -0.126. The van der Waals surface area contributed by atoms with Crippen LogP contribution in [-0.2, 0) is 9.59 Å². The van der Waals surface area contributed by atoms with Gasteiger partial charge >= 0.3 is 0 Å². The molecule has 1 aliphatic rings. The Morgan fingerprint density at radius 1 is 1.42 bits per heavy atom. The quantitative estimate of drug-likeness (QED) is 0.872. The molecule has 19 heavy (non-hydrogen) atoms. The van der Waals surface area contributed by atoms with Crippen molar-refractivity contribution >= 4 is 17.5 Å². The first-order chi connectivity index (χ1) is 9.00. The normalized spacial score (nSPS) is 20.4. The minimum Gasteiger partial charge on any atom is -0.344 e. The van der Waals surface area contributed by atoms with E-state index >= 15 is 0 Å². The summed E-state index contributed by atoms with van der Waals surface area (Å²) in [5, 5.41) is 2.80. The Morgan fingerprint density at radius 3 is 2.79 bits per heavy atom. The van der Waals surface area contributed by atoms with E-state index in [1.807, 2.05) is 26.8 Å². The fourth-order valence-corrected chi connectivity index (χ4v) is 2.23. The van der Waals surface area contributed by atoms with Crippen molar-refractivity contribution in [3.8, 4) is 0 Å². The minimum absolute atomic E-state index is 0.0584. The summed E-state index contributed by atoms with van der Waals surface area (Å²) in [6, 6.07) is 1.40. The van der Waals surface area contributed by atoms with Crippen molar-refractivity contribution in [2.24, 2.45) is 5.92 Å². The lowest BCUT2D eigenvalue weighted by Crippen LogP contribution is -2.48. The Hall–Kier alpha value is -1.91. The van der Waals surface area contributed by atoms with Crippen molar-refractivity contribution in [2.75, 3.05) is 11.4 Å². The molecule has 0 saturated carbocycles. The molecule has 1 saturated heterocycles. The van der Waals surface area contributed by atoms with Gasteiger partial charge in [-0.3, -0.25) is 14.6 Å². The Morgan fingerprint density at radius 2 is 2.16 bits per heavy atom. The second-order valence-corrected chi connectivity index (χ2v) is 5.19. The largest absolute Gasteiger partial charge is 0.344 e. The molecule has 1 N–H and O–H groups in total. The lowest BCUT2D eigenvalue weighted by atomic mass is 10.0. The number of aromatic nitrogens is 1. The van der Waals surface area contributed by atoms with Crippen LogP contribution in [0, 0.1) is 12.8 Å². The van der Waals surface area contributed by atoms with Crippen LogP contribution in [0.15, 0.2) is 18.5 Å². The Labute approximate surface area is 113 Å². The molecule has 2 amide bonds. The molecule has 1 aromatic heterocycles. The maximum absolute atomic E-state index is 12.6. The number of nitrogens with zero attached hydrogens (tertiary/aromatic N) is 2. The highest BCUT2D eigenvalue weighted by Crippen LogP contribution is 2.22. The third-order valence-electron chi connectivity index (χ3n) is 3.38. The van der Waals surface area contributed by atoms with Gasteiger partial charge in [0.1, 0.15) is 6.04 Å². The Balaban J connectivity index is 2.36. The van der Waals surface area contributed by atoms with Crippen LogP contribution in [0.3, 0.4) is 0 Å². The third-order valence-corrected chi connectivity index (χ3v) is 3.38. The summed E-state index contributed by atoms with van der Waals surface area (Å²) >= 11 is 0. The van der Waals surface area contributed by atoms with Gasteiger partial charge in [-0.2, -0.15) is 0 Å². The van der Waals surface area contributed by atoms with E-state index in [4.69, 9.17) is 0 Å². The fraction of sp³-hybridized carbons (Fsp3) is 0.500. The Kier molecular flexibility index (Phi) is 3.83. The molecule has 5 nitrogen and oxygen atoms in total. The summed E-state index contributed by atoms with van der Waals surface area (Å²) in [5.74, 6) is -0.0675. The van der Waals surface area contributed by atoms with Gasteiger partial charge in [0.15, 0.2) is 0 Å². The zero-order valence-electron chi connectivity index (χ0n) is 11.5. The van der Waals surface area contributed by atoms with E-state index in [0.29, 0.717) is 13.0 Å². The molecule has 1 unspecified atom stereocenters. The number of carbonyl (C=O) groups excluding carboxylic acids is 2. The zero-order chi connectivity index (χ0) is 14.0. The number of anilines is 1. The fourth-order valence-electron chi connectivity index (χ4n) is 2.23. The molecule has 1 aliphatic heterocycles. The average molecular weight is 261 g/mol. The molecule has 0 aliphatic carbocycles. The summed E-state index contributed by atoms with van der Waals surface area (Å²) < 4.78 is 0. The maximum atomic E-state index is 12.6. The predicted molar refractivity (Wildman–Crippen MR) is 72.7 cm³/mol. The summed E-state index contributed by atoms with van der Waals surface area (Å²) in [6.45, 7) is 6.21. The van der Waals surface area contributed by atoms with Crippen LogP contribution < -0.4 is 10.2 Å². The van der Waals surface area contributed by atoms with Crippen molar-refractivity contribution in [1.82, 2.24) is 10.3 Å². The van der Waals surface area contributed by atoms with Crippen molar-refractivity contribution in [1.29, 1.82) is 0 Å². The molecular formula is C14H19N3O2. The van der Waals surface area contributed by atoms with Crippen molar-refractivity contribution in [3.05, 3.63) is 24.0 Å². The third kappa shape index (κ3) is 2.75. The van der Waals surface area contributed by atoms with Gasteiger partial charge in [0.05, 0.1) is 11.9 Å². The lowest BCUT2D eigenvalue weighted by Gasteiger charge is -2.26. The summed E-state index contributed by atoms with van der Waals surface area (Å²) in [4.78, 5) is 30.0. The van der Waals surface area contributed by atoms with Gasteiger partial charge in [-0.15, -0.1) is 0 Å². The molecule has 1 atom stereocenters. The summed E-state index contributed by atoms with van der Waals surface area (Å²) in [5.41, 5.74) is 1.77. The average Bonchev–Trinajstić information content (AvgIpc) is 2.51. The second kappa shape index (κ2) is 5.38. The number of aryl methyl sites for hydroxylation is 1. The number of pyridine rings is 1. The van der Waals surface area contributed by atoms with Crippen molar-refractivity contribution in [2.45, 2.75) is 33.2 Å². The van der Waals surface area contributed by atoms with Crippen LogP contribution >= 0.6 is 0 Å². The van der Waals surface area contributed by atoms with Crippen LogP contribution in [0.5, 0.6) is 0 Å². The van der Waals surface area contributed by atoms with Gasteiger partial charge in [-0.25, -0.2) is 0 Å². The topological polar surface area (TPSA) is 62.3 Å². The monoisotopic (exact) mass is 261 g/mol. The van der Waals surface area contributed by atoms with E-state index in [9.17, 15) is 9.59 Å². The van der Waals surface area contributed by atoms with Gasteiger partial charge in [0, 0.05) is 19.2 Å². The minimum atomic E-state index is -0.463. The van der Waals surface area contributed by atoms with Crippen LogP contribution in [0.2, 0.25) is 0 Å². The van der Waals surface area contributed by atoms with Gasteiger partial charge in [0.25, 0.3) is 0 Å². The number of carbonyl (C=O) groups is 2. The molecule has 0 radical (unpaired) electrons. The second-order valence-electron chi connectivity index (χ2n) is 5.19. The zero-order valence-corrected chi connectivity index (χ0v) is 11.5. The molecule has 1 fully saturated rings. The number of rotatable bonds is 2. The van der Waals surface area contributed by atoms with E-state index in [1.54, 1.807) is 17.3 Å². The van der Waals surface area contributed by atoms with Crippen molar-refractivity contribution in [3.63, 3.8) is 0 Å². The molecule has 0 spiro atoms. The number of hydrogen-bond acceptors (Lipinski definition) is 3. The van der Waals surface area contributed by atoms with Gasteiger partial charge in [0.2, 0.25) is 11.8 Å². The van der Waals surface area contributed by atoms with E-state index in [2.05, 4.69) is 10.3 Å². The number of hydrogen-bond donors (Lipinski definition) is 1. The first-order valence-electron chi connectivity index (χ1n) is 6.52. The van der Waals surface area contributed by atoms with E-state index in [0.717, 1.165) is 11.3 Å². The highest BCUT2D eigenvalue weighted by molar-refractivity contribution is 6.01. The first-order valence-corrected chi connectivity index (χ1v) is 6.52. The van der Waals surface area contributed by atoms with Gasteiger partial charge < -0.3 is 10.2 Å². The maximum Gasteiger partial charge on any atom is 0.249 e. The van der Waals surface area contributed by atoms with Gasteiger partial charge in [-0.1, -0.05) is 13.8 Å². The molecule has 0 bridgehead atoms. The Bertz CT molecular complexity index is 499. The first kappa shape index (κ1) is 13.5. The summed E-state index contributed by atoms with van der Waals surface area (Å²) in [6.07, 6.45) is 3.70.